The summed E-state index contributed by atoms with van der Waals surface area (Å²) in [6.07, 6.45) is 2.34. The Morgan fingerprint density at radius 2 is 2.20 bits per heavy atom. The summed E-state index contributed by atoms with van der Waals surface area (Å²) < 4.78 is 0. The molecule has 0 bridgehead atoms. The van der Waals surface area contributed by atoms with Crippen LogP contribution in [0.3, 0.4) is 0 Å². The Morgan fingerprint density at radius 1 is 1.47 bits per heavy atom. The predicted octanol–water partition coefficient (Wildman–Crippen LogP) is 1.32. The molecule has 1 atom stereocenters. The Balaban J connectivity index is 2.22. The first kappa shape index (κ1) is 10.4. The number of anilines is 1. The number of hydrogen-bond donors (Lipinski definition) is 2. The lowest BCUT2D eigenvalue weighted by Crippen LogP contribution is -2.40. The van der Waals surface area contributed by atoms with E-state index in [1.807, 2.05) is 0 Å². The number of aromatic nitrogens is 3. The summed E-state index contributed by atoms with van der Waals surface area (Å²) in [5, 5.41) is 6.81. The van der Waals surface area contributed by atoms with Gasteiger partial charge in [0.05, 0.1) is 6.04 Å². The molecule has 1 aliphatic rings. The molecule has 1 fully saturated rings. The highest BCUT2D eigenvalue weighted by atomic mass is 15.3. The Labute approximate surface area is 90.1 Å². The molecular weight excluding hydrogens is 190 g/mol. The molecule has 0 aromatic carbocycles. The van der Waals surface area contributed by atoms with Crippen molar-refractivity contribution in [2.75, 3.05) is 12.3 Å². The normalized spacial score (nSPS) is 23.5. The molecule has 1 unspecified atom stereocenters. The minimum absolute atomic E-state index is 0.169. The number of H-pyrrole nitrogens is 1. The third kappa shape index (κ3) is 1.97. The highest BCUT2D eigenvalue weighted by molar-refractivity contribution is 5.15. The zero-order valence-electron chi connectivity index (χ0n) is 9.62. The Morgan fingerprint density at radius 3 is 2.73 bits per heavy atom. The van der Waals surface area contributed by atoms with Crippen LogP contribution in [0.1, 0.15) is 45.5 Å². The molecular formula is C10H19N5. The van der Waals surface area contributed by atoms with Crippen molar-refractivity contribution in [3.63, 3.8) is 0 Å². The van der Waals surface area contributed by atoms with Gasteiger partial charge >= 0.3 is 0 Å². The van der Waals surface area contributed by atoms with Gasteiger partial charge in [0, 0.05) is 5.54 Å². The average molecular weight is 209 g/mol. The van der Waals surface area contributed by atoms with Crippen molar-refractivity contribution >= 4 is 5.95 Å². The SMILES string of the molecule is CC(C)(C)N1CCCC1c1nc(N)n[nH]1. The van der Waals surface area contributed by atoms with Crippen molar-refractivity contribution in [3.8, 4) is 0 Å². The maximum atomic E-state index is 5.53. The van der Waals surface area contributed by atoms with E-state index in [0.29, 0.717) is 12.0 Å². The van der Waals surface area contributed by atoms with Crippen LogP contribution in [-0.2, 0) is 0 Å². The van der Waals surface area contributed by atoms with Crippen molar-refractivity contribution < 1.29 is 0 Å². The van der Waals surface area contributed by atoms with Crippen molar-refractivity contribution in [2.24, 2.45) is 0 Å². The second kappa shape index (κ2) is 3.48. The summed E-state index contributed by atoms with van der Waals surface area (Å²) in [6.45, 7) is 7.80. The molecule has 0 spiro atoms. The molecule has 1 aromatic heterocycles. The third-order valence-electron chi connectivity index (χ3n) is 2.95. The molecule has 15 heavy (non-hydrogen) atoms. The zero-order valence-corrected chi connectivity index (χ0v) is 9.62. The maximum absolute atomic E-state index is 5.53. The first-order valence-electron chi connectivity index (χ1n) is 5.43. The van der Waals surface area contributed by atoms with Crippen molar-refractivity contribution in [1.29, 1.82) is 0 Å². The van der Waals surface area contributed by atoms with Crippen LogP contribution in [0.5, 0.6) is 0 Å². The van der Waals surface area contributed by atoms with E-state index in [4.69, 9.17) is 5.73 Å². The van der Waals surface area contributed by atoms with E-state index in [1.54, 1.807) is 0 Å². The smallest absolute Gasteiger partial charge is 0.239 e. The van der Waals surface area contributed by atoms with E-state index in [2.05, 4.69) is 40.9 Å². The summed E-state index contributed by atoms with van der Waals surface area (Å²) in [4.78, 5) is 6.68. The average Bonchev–Trinajstić information content (AvgIpc) is 2.68. The van der Waals surface area contributed by atoms with Crippen molar-refractivity contribution in [3.05, 3.63) is 5.82 Å². The molecule has 2 heterocycles. The molecule has 5 heteroatoms. The van der Waals surface area contributed by atoms with Crippen molar-refractivity contribution in [2.45, 2.75) is 45.2 Å². The third-order valence-corrected chi connectivity index (χ3v) is 2.95. The first-order valence-corrected chi connectivity index (χ1v) is 5.43. The standard InChI is InChI=1S/C10H19N5/c1-10(2,3)15-6-4-5-7(15)8-12-9(11)14-13-8/h7H,4-6H2,1-3H3,(H3,11,12,13,14). The van der Waals surface area contributed by atoms with Crippen molar-refractivity contribution in [1.82, 2.24) is 20.1 Å². The van der Waals surface area contributed by atoms with Crippen LogP contribution >= 0.6 is 0 Å². The van der Waals surface area contributed by atoms with Crippen LogP contribution in [-0.4, -0.2) is 32.2 Å². The summed E-state index contributed by atoms with van der Waals surface area (Å²) in [5.74, 6) is 1.24. The lowest BCUT2D eigenvalue weighted by Gasteiger charge is -2.35. The van der Waals surface area contributed by atoms with E-state index in [1.165, 1.54) is 6.42 Å². The second-order valence-corrected chi connectivity index (χ2v) is 5.10. The fourth-order valence-corrected chi connectivity index (χ4v) is 2.29. The molecule has 0 amide bonds. The van der Waals surface area contributed by atoms with Crippen LogP contribution in [0.15, 0.2) is 0 Å². The summed E-state index contributed by atoms with van der Waals surface area (Å²) in [7, 11) is 0. The monoisotopic (exact) mass is 209 g/mol. The van der Waals surface area contributed by atoms with Gasteiger partial charge in [0.2, 0.25) is 5.95 Å². The largest absolute Gasteiger partial charge is 0.367 e. The minimum Gasteiger partial charge on any atom is -0.367 e. The first-order chi connectivity index (χ1) is 6.98. The fourth-order valence-electron chi connectivity index (χ4n) is 2.29. The quantitative estimate of drug-likeness (QED) is 0.732. The van der Waals surface area contributed by atoms with Gasteiger partial charge in [0.1, 0.15) is 5.82 Å². The highest BCUT2D eigenvalue weighted by Crippen LogP contribution is 2.35. The van der Waals surface area contributed by atoms with Gasteiger partial charge in [0.15, 0.2) is 0 Å². The molecule has 0 radical (unpaired) electrons. The number of nitrogen functional groups attached to an aromatic ring is 1. The molecule has 0 saturated carbocycles. The van der Waals surface area contributed by atoms with E-state index in [-0.39, 0.29) is 5.54 Å². The number of nitrogens with one attached hydrogen (secondary N) is 1. The lowest BCUT2D eigenvalue weighted by molar-refractivity contribution is 0.117. The van der Waals surface area contributed by atoms with Gasteiger partial charge in [0.25, 0.3) is 0 Å². The van der Waals surface area contributed by atoms with Gasteiger partial charge in [-0.3, -0.25) is 10.00 Å². The van der Waals surface area contributed by atoms with E-state index < -0.39 is 0 Å². The Kier molecular flexibility index (Phi) is 2.42. The number of rotatable bonds is 1. The number of nitrogens with zero attached hydrogens (tertiary/aromatic N) is 3. The van der Waals surface area contributed by atoms with Crippen LogP contribution in [0.2, 0.25) is 0 Å². The fraction of sp³-hybridized carbons (Fsp3) is 0.800. The molecule has 2 rings (SSSR count). The van der Waals surface area contributed by atoms with Crippen LogP contribution in [0.25, 0.3) is 0 Å². The zero-order chi connectivity index (χ0) is 11.1. The van der Waals surface area contributed by atoms with Crippen LogP contribution in [0.4, 0.5) is 5.95 Å². The molecule has 3 N–H and O–H groups in total. The molecule has 5 nitrogen and oxygen atoms in total. The molecule has 1 aromatic rings. The Bertz CT molecular complexity index is 338. The van der Waals surface area contributed by atoms with Gasteiger partial charge in [-0.15, -0.1) is 5.10 Å². The number of hydrogen-bond acceptors (Lipinski definition) is 4. The van der Waals surface area contributed by atoms with E-state index in [9.17, 15) is 0 Å². The van der Waals surface area contributed by atoms with Gasteiger partial charge in [-0.25, -0.2) is 0 Å². The topological polar surface area (TPSA) is 70.8 Å². The lowest BCUT2D eigenvalue weighted by atomic mass is 10.0. The number of nitrogens with two attached hydrogens (primary N) is 1. The molecule has 1 aliphatic heterocycles. The number of aromatic amines is 1. The molecule has 84 valence electrons. The summed E-state index contributed by atoms with van der Waals surface area (Å²) in [6, 6.07) is 0.342. The van der Waals surface area contributed by atoms with Gasteiger partial charge in [-0.2, -0.15) is 4.98 Å². The summed E-state index contributed by atoms with van der Waals surface area (Å²) in [5.41, 5.74) is 5.70. The van der Waals surface area contributed by atoms with E-state index in [0.717, 1.165) is 18.8 Å². The molecule has 1 saturated heterocycles. The minimum atomic E-state index is 0.169. The highest BCUT2D eigenvalue weighted by Gasteiger charge is 2.35. The Hall–Kier alpha value is -1.10. The van der Waals surface area contributed by atoms with Gasteiger partial charge in [-0.1, -0.05) is 0 Å². The van der Waals surface area contributed by atoms with Crippen LogP contribution in [0, 0.1) is 0 Å². The maximum Gasteiger partial charge on any atom is 0.239 e. The van der Waals surface area contributed by atoms with Crippen LogP contribution < -0.4 is 5.73 Å². The van der Waals surface area contributed by atoms with E-state index >= 15 is 0 Å². The number of likely N-dealkylation sites (tertiary alicyclic amines) is 1. The predicted molar refractivity (Wildman–Crippen MR) is 59.2 cm³/mol. The second-order valence-electron chi connectivity index (χ2n) is 5.10. The molecule has 0 aliphatic carbocycles. The summed E-state index contributed by atoms with van der Waals surface area (Å²) >= 11 is 0. The van der Waals surface area contributed by atoms with Gasteiger partial charge in [-0.05, 0) is 40.2 Å². The van der Waals surface area contributed by atoms with Gasteiger partial charge < -0.3 is 5.73 Å².